The van der Waals surface area contributed by atoms with Gasteiger partial charge in [-0.05, 0) is 36.4 Å². The van der Waals surface area contributed by atoms with Crippen LogP contribution in [0.2, 0.25) is 10.0 Å². The normalized spacial score (nSPS) is 10.9. The third-order valence-electron chi connectivity index (χ3n) is 2.75. The smallest absolute Gasteiger partial charge is 0.227 e. The highest BCUT2D eigenvalue weighted by atomic mass is 35.5. The zero-order valence-electron chi connectivity index (χ0n) is 9.98. The maximum atomic E-state index is 6.09. The first-order valence-corrected chi connectivity index (χ1v) is 6.33. The van der Waals surface area contributed by atoms with Crippen molar-refractivity contribution in [3.63, 3.8) is 0 Å². The van der Waals surface area contributed by atoms with E-state index < -0.39 is 0 Å². The van der Waals surface area contributed by atoms with E-state index in [2.05, 4.69) is 4.98 Å². The third kappa shape index (κ3) is 2.27. The van der Waals surface area contributed by atoms with E-state index in [1.165, 1.54) is 0 Å². The van der Waals surface area contributed by atoms with E-state index in [4.69, 9.17) is 32.4 Å². The van der Waals surface area contributed by atoms with E-state index >= 15 is 0 Å². The van der Waals surface area contributed by atoms with Crippen LogP contribution in [0.4, 0.5) is 0 Å². The minimum absolute atomic E-state index is 0.502. The highest BCUT2D eigenvalue weighted by Crippen LogP contribution is 2.31. The molecule has 3 rings (SSSR count). The number of ether oxygens (including phenoxy) is 1. The molecule has 0 spiro atoms. The van der Waals surface area contributed by atoms with Crippen molar-refractivity contribution in [3.8, 4) is 17.2 Å². The van der Waals surface area contributed by atoms with Crippen LogP contribution in [-0.2, 0) is 0 Å². The zero-order valence-corrected chi connectivity index (χ0v) is 11.5. The van der Waals surface area contributed by atoms with Gasteiger partial charge in [-0.3, -0.25) is 0 Å². The molecule has 0 aliphatic carbocycles. The molecule has 0 atom stereocenters. The molecule has 3 aromatic rings. The van der Waals surface area contributed by atoms with Crippen molar-refractivity contribution in [2.45, 2.75) is 0 Å². The summed E-state index contributed by atoms with van der Waals surface area (Å²) < 4.78 is 10.8. The second-order valence-corrected chi connectivity index (χ2v) is 4.82. The minimum Gasteiger partial charge on any atom is -0.495 e. The molecule has 0 unspecified atom stereocenters. The summed E-state index contributed by atoms with van der Waals surface area (Å²) in [7, 11) is 1.57. The summed E-state index contributed by atoms with van der Waals surface area (Å²) in [6.45, 7) is 0. The van der Waals surface area contributed by atoms with Crippen LogP contribution in [0.25, 0.3) is 22.6 Å². The topological polar surface area (TPSA) is 35.3 Å². The molecule has 0 bridgehead atoms. The lowest BCUT2D eigenvalue weighted by molar-refractivity contribution is 0.415. The average molecular weight is 294 g/mol. The van der Waals surface area contributed by atoms with Crippen LogP contribution < -0.4 is 4.74 Å². The van der Waals surface area contributed by atoms with Gasteiger partial charge in [-0.25, -0.2) is 4.98 Å². The third-order valence-corrected chi connectivity index (χ3v) is 3.28. The highest BCUT2D eigenvalue weighted by molar-refractivity contribution is 6.32. The number of fused-ring (bicyclic) bond motifs is 1. The van der Waals surface area contributed by atoms with Gasteiger partial charge in [-0.2, -0.15) is 0 Å². The Morgan fingerprint density at radius 3 is 2.68 bits per heavy atom. The Labute approximate surface area is 119 Å². The summed E-state index contributed by atoms with van der Waals surface area (Å²) in [6, 6.07) is 10.7. The van der Waals surface area contributed by atoms with Crippen molar-refractivity contribution in [2.75, 3.05) is 7.11 Å². The second kappa shape index (κ2) is 4.76. The fourth-order valence-corrected chi connectivity index (χ4v) is 2.25. The molecule has 1 heterocycles. The summed E-state index contributed by atoms with van der Waals surface area (Å²) in [5.74, 6) is 1.12. The molecule has 0 aliphatic rings. The molecular weight excluding hydrogens is 285 g/mol. The van der Waals surface area contributed by atoms with Crippen molar-refractivity contribution < 1.29 is 9.15 Å². The second-order valence-electron chi connectivity index (χ2n) is 3.98. The van der Waals surface area contributed by atoms with Crippen LogP contribution in [0.15, 0.2) is 40.8 Å². The van der Waals surface area contributed by atoms with E-state index in [0.717, 1.165) is 11.1 Å². The number of rotatable bonds is 2. The van der Waals surface area contributed by atoms with Gasteiger partial charge in [0.1, 0.15) is 11.3 Å². The first-order chi connectivity index (χ1) is 9.17. The number of aromatic nitrogens is 1. The van der Waals surface area contributed by atoms with Crippen molar-refractivity contribution in [1.29, 1.82) is 0 Å². The molecule has 0 aliphatic heterocycles. The molecule has 96 valence electrons. The number of nitrogens with zero attached hydrogens (tertiary/aromatic N) is 1. The predicted molar refractivity (Wildman–Crippen MR) is 76.0 cm³/mol. The standard InChI is InChI=1S/C14H9Cl2NO2/c1-18-12-4-2-8(6-10(12)16)14-17-11-7-9(15)3-5-13(11)19-14/h2-7H,1H3. The lowest BCUT2D eigenvalue weighted by atomic mass is 10.2. The lowest BCUT2D eigenvalue weighted by Crippen LogP contribution is -1.85. The summed E-state index contributed by atoms with van der Waals surface area (Å²) in [5, 5.41) is 1.14. The predicted octanol–water partition coefficient (Wildman–Crippen LogP) is 4.81. The highest BCUT2D eigenvalue weighted by Gasteiger charge is 2.10. The minimum atomic E-state index is 0.502. The Balaban J connectivity index is 2.11. The largest absolute Gasteiger partial charge is 0.495 e. The molecular formula is C14H9Cl2NO2. The van der Waals surface area contributed by atoms with Gasteiger partial charge in [-0.15, -0.1) is 0 Å². The van der Waals surface area contributed by atoms with Crippen molar-refractivity contribution in [1.82, 2.24) is 4.98 Å². The fourth-order valence-electron chi connectivity index (χ4n) is 1.82. The molecule has 0 saturated carbocycles. The number of benzene rings is 2. The number of oxazole rings is 1. The molecule has 19 heavy (non-hydrogen) atoms. The van der Waals surface area contributed by atoms with Crippen molar-refractivity contribution in [3.05, 3.63) is 46.4 Å². The van der Waals surface area contributed by atoms with E-state index in [0.29, 0.717) is 27.3 Å². The van der Waals surface area contributed by atoms with E-state index in [1.54, 1.807) is 37.4 Å². The molecule has 0 amide bonds. The van der Waals surface area contributed by atoms with Gasteiger partial charge in [0.2, 0.25) is 5.89 Å². The maximum Gasteiger partial charge on any atom is 0.227 e. The number of methoxy groups -OCH3 is 1. The van der Waals surface area contributed by atoms with Gasteiger partial charge in [0.15, 0.2) is 5.58 Å². The molecule has 1 aromatic heterocycles. The molecule has 0 fully saturated rings. The van der Waals surface area contributed by atoms with Crippen LogP contribution in [0.3, 0.4) is 0 Å². The first-order valence-electron chi connectivity index (χ1n) is 5.57. The maximum absolute atomic E-state index is 6.09. The Hall–Kier alpha value is -1.71. The van der Waals surface area contributed by atoms with Gasteiger partial charge < -0.3 is 9.15 Å². The van der Waals surface area contributed by atoms with Gasteiger partial charge in [-0.1, -0.05) is 23.2 Å². The fraction of sp³-hybridized carbons (Fsp3) is 0.0714. The van der Waals surface area contributed by atoms with Crippen molar-refractivity contribution >= 4 is 34.3 Å². The van der Waals surface area contributed by atoms with Crippen LogP contribution in [0.5, 0.6) is 5.75 Å². The van der Waals surface area contributed by atoms with Crippen LogP contribution in [0, 0.1) is 0 Å². The summed E-state index contributed by atoms with van der Waals surface area (Å²) >= 11 is 12.0. The van der Waals surface area contributed by atoms with E-state index in [-0.39, 0.29) is 0 Å². The molecule has 0 saturated heterocycles. The van der Waals surface area contributed by atoms with E-state index in [9.17, 15) is 0 Å². The lowest BCUT2D eigenvalue weighted by Gasteiger charge is -2.03. The van der Waals surface area contributed by atoms with Crippen LogP contribution in [-0.4, -0.2) is 12.1 Å². The Morgan fingerprint density at radius 2 is 1.95 bits per heavy atom. The molecule has 0 radical (unpaired) electrons. The quantitative estimate of drug-likeness (QED) is 0.680. The van der Waals surface area contributed by atoms with Gasteiger partial charge in [0.05, 0.1) is 12.1 Å². The zero-order chi connectivity index (χ0) is 13.4. The summed E-state index contributed by atoms with van der Waals surface area (Å²) in [6.07, 6.45) is 0. The van der Waals surface area contributed by atoms with Gasteiger partial charge >= 0.3 is 0 Å². The van der Waals surface area contributed by atoms with Gasteiger partial charge in [0, 0.05) is 10.6 Å². The van der Waals surface area contributed by atoms with E-state index in [1.807, 2.05) is 6.07 Å². The monoisotopic (exact) mass is 293 g/mol. The average Bonchev–Trinajstić information content (AvgIpc) is 2.81. The summed E-state index contributed by atoms with van der Waals surface area (Å²) in [5.41, 5.74) is 2.19. The number of hydrogen-bond acceptors (Lipinski definition) is 3. The molecule has 5 heteroatoms. The first kappa shape index (κ1) is 12.3. The Bertz CT molecular complexity index is 752. The Morgan fingerprint density at radius 1 is 1.11 bits per heavy atom. The van der Waals surface area contributed by atoms with Gasteiger partial charge in [0.25, 0.3) is 0 Å². The molecule has 3 nitrogen and oxygen atoms in total. The molecule has 0 N–H and O–H groups in total. The van der Waals surface area contributed by atoms with Crippen LogP contribution >= 0.6 is 23.2 Å². The number of halogens is 2. The van der Waals surface area contributed by atoms with Crippen molar-refractivity contribution in [2.24, 2.45) is 0 Å². The Kier molecular flexibility index (Phi) is 3.09. The molecule has 2 aromatic carbocycles. The number of hydrogen-bond donors (Lipinski definition) is 0. The SMILES string of the molecule is COc1ccc(-c2nc3cc(Cl)ccc3o2)cc1Cl. The summed E-state index contributed by atoms with van der Waals surface area (Å²) in [4.78, 5) is 4.39. The van der Waals surface area contributed by atoms with Crippen LogP contribution in [0.1, 0.15) is 0 Å².